The van der Waals surface area contributed by atoms with Crippen LogP contribution in [0.2, 0.25) is 5.02 Å². The second-order valence-electron chi connectivity index (χ2n) is 6.25. The van der Waals surface area contributed by atoms with Crippen LogP contribution in [0, 0.1) is 13.8 Å². The number of hydrogen-bond donors (Lipinski definition) is 2. The average Bonchev–Trinajstić information content (AvgIpc) is 2.82. The number of fused-ring (bicyclic) bond motifs is 1. The average molecular weight is 376 g/mol. The first kappa shape index (κ1) is 17.9. The van der Waals surface area contributed by atoms with E-state index in [9.17, 15) is 9.90 Å². The molecular formula is C20H22ClNO2S. The van der Waals surface area contributed by atoms with E-state index in [0.717, 1.165) is 37.6 Å². The summed E-state index contributed by atoms with van der Waals surface area (Å²) in [4.78, 5) is 16.2. The molecule has 0 saturated heterocycles. The largest absolute Gasteiger partial charge is 0.508 e. The maximum atomic E-state index is 11.9. The number of benzene rings is 2. The summed E-state index contributed by atoms with van der Waals surface area (Å²) in [5.74, 6) is 0.236. The fourth-order valence-corrected chi connectivity index (χ4v) is 6.40. The molecule has 2 aromatic carbocycles. The summed E-state index contributed by atoms with van der Waals surface area (Å²) in [5, 5.41) is 11.6. The van der Waals surface area contributed by atoms with E-state index < -0.39 is 10.9 Å². The highest BCUT2D eigenvalue weighted by molar-refractivity contribution is 8.21. The van der Waals surface area contributed by atoms with Crippen LogP contribution in [0.5, 0.6) is 5.75 Å². The Bertz CT molecular complexity index is 892. The Labute approximate surface area is 156 Å². The Morgan fingerprint density at radius 3 is 2.52 bits per heavy atom. The van der Waals surface area contributed by atoms with E-state index in [1.807, 2.05) is 26.0 Å². The van der Waals surface area contributed by atoms with Gasteiger partial charge in [-0.2, -0.15) is 10.9 Å². The van der Waals surface area contributed by atoms with Crippen LogP contribution in [-0.2, 0) is 4.79 Å². The summed E-state index contributed by atoms with van der Waals surface area (Å²) >= 11 is 6.61. The summed E-state index contributed by atoms with van der Waals surface area (Å²) in [6.45, 7) is 8.45. The van der Waals surface area contributed by atoms with Crippen LogP contribution in [0.1, 0.15) is 25.0 Å². The van der Waals surface area contributed by atoms with Gasteiger partial charge in [-0.3, -0.25) is 4.79 Å². The predicted molar refractivity (Wildman–Crippen MR) is 106 cm³/mol. The topological polar surface area (TPSA) is 40.5 Å². The predicted octanol–water partition coefficient (Wildman–Crippen LogP) is 5.35. The van der Waals surface area contributed by atoms with E-state index in [1.54, 1.807) is 25.1 Å². The number of anilines is 1. The Kier molecular flexibility index (Phi) is 4.85. The second-order valence-corrected chi connectivity index (χ2v) is 8.75. The Morgan fingerprint density at radius 2 is 1.88 bits per heavy atom. The van der Waals surface area contributed by atoms with Crippen molar-refractivity contribution in [3.8, 4) is 5.75 Å². The van der Waals surface area contributed by atoms with Crippen molar-refractivity contribution in [1.29, 1.82) is 0 Å². The molecule has 2 aromatic rings. The molecule has 0 saturated carbocycles. The third kappa shape index (κ3) is 3.16. The van der Waals surface area contributed by atoms with E-state index in [1.165, 1.54) is 5.56 Å². The van der Waals surface area contributed by atoms with E-state index in [0.29, 0.717) is 0 Å². The molecule has 0 spiro atoms. The van der Waals surface area contributed by atoms with Gasteiger partial charge in [0.25, 0.3) is 0 Å². The highest BCUT2D eigenvalue weighted by atomic mass is 35.5. The van der Waals surface area contributed by atoms with Gasteiger partial charge in [-0.05, 0) is 63.1 Å². The number of carbonyl (C=O) groups excluding carboxylic acids is 1. The second kappa shape index (κ2) is 6.77. The molecule has 25 heavy (non-hydrogen) atoms. The molecule has 0 aromatic heterocycles. The van der Waals surface area contributed by atoms with Crippen LogP contribution in [0.4, 0.5) is 5.69 Å². The minimum absolute atomic E-state index is 0.0120. The number of phenolic OH excluding ortho intramolecular Hbond substituents is 1. The lowest BCUT2D eigenvalue weighted by Crippen LogP contribution is -2.18. The first-order chi connectivity index (χ1) is 11.8. The molecule has 0 amide bonds. The summed E-state index contributed by atoms with van der Waals surface area (Å²) in [7, 11) is -0.936. The molecular weight excluding hydrogens is 354 g/mol. The van der Waals surface area contributed by atoms with E-state index >= 15 is 0 Å². The summed E-state index contributed by atoms with van der Waals surface area (Å²) < 4.78 is 0. The van der Waals surface area contributed by atoms with Gasteiger partial charge in [-0.15, -0.1) is 0 Å². The summed E-state index contributed by atoms with van der Waals surface area (Å²) in [5.41, 5.74) is 3.29. The SMILES string of the molecule is CCN1/C(=C/C(C)=O)[SH](c2cc(C)c(C)cc2Cl)c2ccc(O)cc21. The lowest BCUT2D eigenvalue weighted by atomic mass is 10.1. The minimum Gasteiger partial charge on any atom is -0.508 e. The zero-order valence-electron chi connectivity index (χ0n) is 14.8. The standard InChI is InChI=1S/C20H22ClNO2S/c1-5-22-17-11-15(24)6-7-18(17)25(20(22)10-14(4)23)19-9-13(3)12(2)8-16(19)21/h6-11,24-25H,5H2,1-4H3/b20-10-. The molecule has 5 heteroatoms. The maximum Gasteiger partial charge on any atom is 0.155 e. The van der Waals surface area contributed by atoms with Crippen LogP contribution in [0.25, 0.3) is 0 Å². The molecule has 1 N–H and O–H groups in total. The van der Waals surface area contributed by atoms with Crippen molar-refractivity contribution in [1.82, 2.24) is 0 Å². The van der Waals surface area contributed by atoms with Gasteiger partial charge in [-0.25, -0.2) is 0 Å². The molecule has 132 valence electrons. The van der Waals surface area contributed by atoms with Crippen molar-refractivity contribution in [3.05, 3.63) is 57.6 Å². The van der Waals surface area contributed by atoms with Gasteiger partial charge in [0, 0.05) is 28.5 Å². The van der Waals surface area contributed by atoms with E-state index in [-0.39, 0.29) is 11.5 Å². The normalized spacial score (nSPS) is 19.3. The molecule has 0 bridgehead atoms. The smallest absolute Gasteiger partial charge is 0.155 e. The third-order valence-corrected chi connectivity index (χ3v) is 7.43. The van der Waals surface area contributed by atoms with Gasteiger partial charge in [0.1, 0.15) is 5.75 Å². The number of halogens is 1. The van der Waals surface area contributed by atoms with Gasteiger partial charge < -0.3 is 10.0 Å². The van der Waals surface area contributed by atoms with Crippen molar-refractivity contribution in [2.24, 2.45) is 0 Å². The van der Waals surface area contributed by atoms with Gasteiger partial charge in [0.05, 0.1) is 15.7 Å². The van der Waals surface area contributed by atoms with Gasteiger partial charge in [-0.1, -0.05) is 11.6 Å². The van der Waals surface area contributed by atoms with Crippen LogP contribution in [0.3, 0.4) is 0 Å². The molecule has 0 radical (unpaired) electrons. The molecule has 3 nitrogen and oxygen atoms in total. The molecule has 0 fully saturated rings. The highest BCUT2D eigenvalue weighted by Gasteiger charge is 2.33. The minimum atomic E-state index is -0.936. The fraction of sp³-hybridized carbons (Fsp3) is 0.250. The molecule has 1 unspecified atom stereocenters. The lowest BCUT2D eigenvalue weighted by Gasteiger charge is -2.25. The quantitative estimate of drug-likeness (QED) is 0.561. The number of thiol groups is 1. The lowest BCUT2D eigenvalue weighted by molar-refractivity contribution is -0.112. The third-order valence-electron chi connectivity index (χ3n) is 4.45. The molecule has 0 aliphatic carbocycles. The van der Waals surface area contributed by atoms with Crippen molar-refractivity contribution < 1.29 is 9.90 Å². The zero-order valence-corrected chi connectivity index (χ0v) is 16.4. The van der Waals surface area contributed by atoms with E-state index in [2.05, 4.69) is 17.9 Å². The molecule has 1 aliphatic rings. The number of rotatable bonds is 3. The molecule has 1 atom stereocenters. The Hall–Kier alpha value is -1.91. The molecule has 1 heterocycles. The Morgan fingerprint density at radius 1 is 1.20 bits per heavy atom. The molecule has 3 rings (SSSR count). The van der Waals surface area contributed by atoms with Crippen LogP contribution >= 0.6 is 22.5 Å². The zero-order chi connectivity index (χ0) is 18.3. The Balaban J connectivity index is 2.29. The number of aromatic hydroxyl groups is 1. The van der Waals surface area contributed by atoms with Crippen molar-refractivity contribution in [2.75, 3.05) is 11.4 Å². The van der Waals surface area contributed by atoms with Gasteiger partial charge in [0.15, 0.2) is 5.78 Å². The van der Waals surface area contributed by atoms with Crippen molar-refractivity contribution in [3.63, 3.8) is 0 Å². The summed E-state index contributed by atoms with van der Waals surface area (Å²) in [6, 6.07) is 9.55. The van der Waals surface area contributed by atoms with Crippen molar-refractivity contribution >= 4 is 34.0 Å². The number of nitrogens with zero attached hydrogens (tertiary/aromatic N) is 1. The number of phenols is 1. The summed E-state index contributed by atoms with van der Waals surface area (Å²) in [6.07, 6.45) is 1.71. The van der Waals surface area contributed by atoms with E-state index in [4.69, 9.17) is 11.6 Å². The first-order valence-electron chi connectivity index (χ1n) is 8.23. The van der Waals surface area contributed by atoms with Gasteiger partial charge >= 0.3 is 0 Å². The van der Waals surface area contributed by atoms with Crippen LogP contribution in [0.15, 0.2) is 51.2 Å². The fourth-order valence-electron chi connectivity index (χ4n) is 3.13. The number of ketones is 1. The number of allylic oxidation sites excluding steroid dienone is 1. The monoisotopic (exact) mass is 375 g/mol. The van der Waals surface area contributed by atoms with Crippen LogP contribution in [-0.4, -0.2) is 17.4 Å². The first-order valence-corrected chi connectivity index (χ1v) is 9.95. The molecule has 1 aliphatic heterocycles. The van der Waals surface area contributed by atoms with Crippen molar-refractivity contribution in [2.45, 2.75) is 37.5 Å². The number of aryl methyl sites for hydroxylation is 2. The van der Waals surface area contributed by atoms with Gasteiger partial charge in [0.2, 0.25) is 0 Å². The number of carbonyl (C=O) groups is 1. The van der Waals surface area contributed by atoms with Crippen LogP contribution < -0.4 is 4.90 Å². The number of hydrogen-bond acceptors (Lipinski definition) is 3. The highest BCUT2D eigenvalue weighted by Crippen LogP contribution is 2.63. The maximum absolute atomic E-state index is 11.9.